The van der Waals surface area contributed by atoms with Crippen LogP contribution in [0.25, 0.3) is 21.7 Å². The first-order valence-corrected chi connectivity index (χ1v) is 9.03. The molecular formula is C23H19N3O2. The maximum atomic E-state index is 12.3. The Morgan fingerprint density at radius 2 is 1.79 bits per heavy atom. The molecule has 1 amide bonds. The van der Waals surface area contributed by atoms with E-state index in [-0.39, 0.29) is 5.91 Å². The largest absolute Gasteiger partial charge is 0.481 e. The van der Waals surface area contributed by atoms with Crippen molar-refractivity contribution < 1.29 is 9.53 Å². The van der Waals surface area contributed by atoms with Crippen LogP contribution in [-0.2, 0) is 4.79 Å². The maximum absolute atomic E-state index is 12.3. The lowest BCUT2D eigenvalue weighted by molar-refractivity contribution is -0.127. The fraction of sp³-hybridized carbons (Fsp3) is 0.0870. The maximum Gasteiger partial charge on any atom is 0.280 e. The molecule has 3 aromatic carbocycles. The Balaban J connectivity index is 1.41. The van der Waals surface area contributed by atoms with Crippen molar-refractivity contribution in [2.45, 2.75) is 13.0 Å². The average molecular weight is 369 g/mol. The lowest BCUT2D eigenvalue weighted by Crippen LogP contribution is -2.33. The van der Waals surface area contributed by atoms with Gasteiger partial charge in [0, 0.05) is 17.1 Å². The summed E-state index contributed by atoms with van der Waals surface area (Å²) in [5.74, 6) is 0.321. The molecule has 0 spiro atoms. The zero-order valence-corrected chi connectivity index (χ0v) is 15.4. The number of benzene rings is 3. The number of hydrogen-bond donors (Lipinski definition) is 1. The molecule has 1 N–H and O–H groups in total. The Hall–Kier alpha value is -3.73. The summed E-state index contributed by atoms with van der Waals surface area (Å²) >= 11 is 0. The SMILES string of the molecule is C[C@@H](Oc1ccc2ccccc2c1)C(=O)N/N=C\c1cccc2cccnc12. The zero-order chi connectivity index (χ0) is 19.3. The second-order valence-electron chi connectivity index (χ2n) is 6.43. The third kappa shape index (κ3) is 3.83. The van der Waals surface area contributed by atoms with E-state index in [1.165, 1.54) is 0 Å². The zero-order valence-electron chi connectivity index (χ0n) is 15.4. The Labute approximate surface area is 162 Å². The molecule has 0 radical (unpaired) electrons. The van der Waals surface area contributed by atoms with Crippen molar-refractivity contribution in [2.75, 3.05) is 0 Å². The monoisotopic (exact) mass is 369 g/mol. The molecule has 28 heavy (non-hydrogen) atoms. The van der Waals surface area contributed by atoms with Crippen LogP contribution >= 0.6 is 0 Å². The van der Waals surface area contributed by atoms with Crippen molar-refractivity contribution in [1.82, 2.24) is 10.4 Å². The normalized spacial score (nSPS) is 12.3. The fourth-order valence-electron chi connectivity index (χ4n) is 2.99. The summed E-state index contributed by atoms with van der Waals surface area (Å²) in [7, 11) is 0. The molecule has 0 unspecified atom stereocenters. The Morgan fingerprint density at radius 3 is 2.68 bits per heavy atom. The number of carbonyl (C=O) groups excluding carboxylic acids is 1. The number of hydrazone groups is 1. The molecular weight excluding hydrogens is 350 g/mol. The first-order valence-electron chi connectivity index (χ1n) is 9.03. The van der Waals surface area contributed by atoms with Crippen molar-refractivity contribution in [3.8, 4) is 5.75 Å². The first kappa shape index (κ1) is 17.7. The topological polar surface area (TPSA) is 63.6 Å². The van der Waals surface area contributed by atoms with E-state index in [9.17, 15) is 4.79 Å². The van der Waals surface area contributed by atoms with E-state index < -0.39 is 6.10 Å². The molecule has 4 aromatic rings. The van der Waals surface area contributed by atoms with E-state index in [0.717, 1.165) is 27.2 Å². The number of nitrogens with one attached hydrogen (secondary N) is 1. The van der Waals surface area contributed by atoms with Crippen LogP contribution in [0.5, 0.6) is 5.75 Å². The van der Waals surface area contributed by atoms with Crippen LogP contribution in [-0.4, -0.2) is 23.2 Å². The predicted molar refractivity (Wildman–Crippen MR) is 112 cm³/mol. The summed E-state index contributed by atoms with van der Waals surface area (Å²) in [4.78, 5) is 16.7. The average Bonchev–Trinajstić information content (AvgIpc) is 2.73. The van der Waals surface area contributed by atoms with Gasteiger partial charge in [-0.3, -0.25) is 9.78 Å². The standard InChI is InChI=1S/C23H19N3O2/c1-16(28-21-12-11-17-6-2-3-7-19(17)14-21)23(27)26-25-15-20-9-4-8-18-10-5-13-24-22(18)20/h2-16H,1H3,(H,26,27)/b25-15-/t16-/m1/s1. The number of nitrogens with zero attached hydrogens (tertiary/aromatic N) is 2. The van der Waals surface area contributed by atoms with Crippen LogP contribution in [0.15, 0.2) is 84.1 Å². The van der Waals surface area contributed by atoms with Gasteiger partial charge in [0.2, 0.25) is 0 Å². The van der Waals surface area contributed by atoms with Gasteiger partial charge in [-0.05, 0) is 35.9 Å². The molecule has 0 bridgehead atoms. The minimum atomic E-state index is -0.677. The Morgan fingerprint density at radius 1 is 1.00 bits per heavy atom. The minimum Gasteiger partial charge on any atom is -0.481 e. The number of fused-ring (bicyclic) bond motifs is 2. The molecule has 138 valence electrons. The highest BCUT2D eigenvalue weighted by Crippen LogP contribution is 2.21. The minimum absolute atomic E-state index is 0.322. The Kier molecular flexibility index (Phi) is 4.97. The van der Waals surface area contributed by atoms with Gasteiger partial charge in [0.05, 0.1) is 11.7 Å². The van der Waals surface area contributed by atoms with Crippen LogP contribution in [0.3, 0.4) is 0 Å². The summed E-state index contributed by atoms with van der Waals surface area (Å²) in [6.07, 6.45) is 2.65. The molecule has 0 aliphatic carbocycles. The van der Waals surface area contributed by atoms with Gasteiger partial charge in [-0.2, -0.15) is 5.10 Å². The quantitative estimate of drug-likeness (QED) is 0.421. The number of rotatable bonds is 5. The molecule has 1 aromatic heterocycles. The molecule has 0 aliphatic heterocycles. The predicted octanol–water partition coefficient (Wildman–Crippen LogP) is 4.31. The molecule has 1 atom stereocenters. The number of carbonyl (C=O) groups is 1. The van der Waals surface area contributed by atoms with Gasteiger partial charge in [0.25, 0.3) is 5.91 Å². The van der Waals surface area contributed by atoms with Crippen molar-refractivity contribution in [3.05, 3.63) is 84.6 Å². The van der Waals surface area contributed by atoms with Crippen LogP contribution < -0.4 is 10.2 Å². The molecule has 5 nitrogen and oxygen atoms in total. The highest BCUT2D eigenvalue weighted by atomic mass is 16.5. The van der Waals surface area contributed by atoms with E-state index in [0.29, 0.717) is 5.75 Å². The molecule has 0 saturated heterocycles. The van der Waals surface area contributed by atoms with Gasteiger partial charge in [-0.15, -0.1) is 0 Å². The van der Waals surface area contributed by atoms with Crippen LogP contribution in [0.2, 0.25) is 0 Å². The van der Waals surface area contributed by atoms with E-state index in [4.69, 9.17) is 4.74 Å². The first-order chi connectivity index (χ1) is 13.7. The van der Waals surface area contributed by atoms with Gasteiger partial charge < -0.3 is 4.74 Å². The van der Waals surface area contributed by atoms with Crippen LogP contribution in [0.4, 0.5) is 0 Å². The second kappa shape index (κ2) is 7.88. The van der Waals surface area contributed by atoms with Crippen molar-refractivity contribution in [2.24, 2.45) is 5.10 Å². The lowest BCUT2D eigenvalue weighted by Gasteiger charge is -2.13. The number of para-hydroxylation sites is 1. The highest BCUT2D eigenvalue weighted by molar-refractivity contribution is 5.97. The van der Waals surface area contributed by atoms with Gasteiger partial charge in [-0.1, -0.05) is 54.6 Å². The van der Waals surface area contributed by atoms with Gasteiger partial charge >= 0.3 is 0 Å². The number of aromatic nitrogens is 1. The van der Waals surface area contributed by atoms with Gasteiger partial charge in [0.15, 0.2) is 6.10 Å². The molecule has 4 rings (SSSR count). The number of hydrogen-bond acceptors (Lipinski definition) is 4. The van der Waals surface area contributed by atoms with Gasteiger partial charge in [-0.25, -0.2) is 5.43 Å². The molecule has 1 heterocycles. The summed E-state index contributed by atoms with van der Waals surface area (Å²) in [6.45, 7) is 1.69. The molecule has 0 aliphatic rings. The third-order valence-electron chi connectivity index (χ3n) is 4.45. The summed E-state index contributed by atoms with van der Waals surface area (Å²) < 4.78 is 5.76. The lowest BCUT2D eigenvalue weighted by atomic mass is 10.1. The summed E-state index contributed by atoms with van der Waals surface area (Å²) in [6, 6.07) is 23.4. The van der Waals surface area contributed by atoms with Crippen molar-refractivity contribution >= 4 is 33.8 Å². The van der Waals surface area contributed by atoms with Crippen molar-refractivity contribution in [1.29, 1.82) is 0 Å². The second-order valence-corrected chi connectivity index (χ2v) is 6.43. The van der Waals surface area contributed by atoms with E-state index in [1.54, 1.807) is 19.3 Å². The van der Waals surface area contributed by atoms with Crippen LogP contribution in [0, 0.1) is 0 Å². The third-order valence-corrected chi connectivity index (χ3v) is 4.45. The molecule has 0 saturated carbocycles. The van der Waals surface area contributed by atoms with Crippen molar-refractivity contribution in [3.63, 3.8) is 0 Å². The molecule has 0 fully saturated rings. The number of pyridine rings is 1. The molecule has 5 heteroatoms. The smallest absolute Gasteiger partial charge is 0.280 e. The van der Waals surface area contributed by atoms with Crippen LogP contribution in [0.1, 0.15) is 12.5 Å². The highest BCUT2D eigenvalue weighted by Gasteiger charge is 2.14. The Bertz CT molecular complexity index is 1170. The van der Waals surface area contributed by atoms with E-state index in [1.807, 2.05) is 72.8 Å². The number of ether oxygens (including phenoxy) is 1. The van der Waals surface area contributed by atoms with Gasteiger partial charge in [0.1, 0.15) is 5.75 Å². The number of amides is 1. The van der Waals surface area contributed by atoms with E-state index >= 15 is 0 Å². The van der Waals surface area contributed by atoms with E-state index in [2.05, 4.69) is 15.5 Å². The summed E-state index contributed by atoms with van der Waals surface area (Å²) in [5.41, 5.74) is 4.20. The summed E-state index contributed by atoms with van der Waals surface area (Å²) in [5, 5.41) is 7.27. The fourth-order valence-corrected chi connectivity index (χ4v) is 2.99.